The number of nitrogens with zero attached hydrogens (tertiary/aromatic N) is 1. The molecular weight excluding hydrogens is 355 g/mol. The molecule has 3 aromatic rings. The smallest absolute Gasteiger partial charge is 0.233 e. The Labute approximate surface area is 162 Å². The first-order valence-electron chi connectivity index (χ1n) is 9.41. The van der Waals surface area contributed by atoms with Crippen molar-refractivity contribution in [3.63, 3.8) is 0 Å². The standard InChI is InChI=1S/C23H19FN2O2/c1-13-20-21(15-7-9-17(24)10-8-15)22-18(25-23(20)28-26-13)11-16(12-19(22)27)14-5-3-2-4-6-14/h2-10,16,21,25H,11-12H2,1H3/t16-,21-/m1/s1. The van der Waals surface area contributed by atoms with Crippen molar-refractivity contribution in [2.24, 2.45) is 0 Å². The normalized spacial score (nSPS) is 21.1. The zero-order valence-corrected chi connectivity index (χ0v) is 15.4. The maximum absolute atomic E-state index is 13.5. The molecule has 2 atom stereocenters. The summed E-state index contributed by atoms with van der Waals surface area (Å²) in [6.07, 6.45) is 1.18. The van der Waals surface area contributed by atoms with Crippen molar-refractivity contribution >= 4 is 11.7 Å². The summed E-state index contributed by atoms with van der Waals surface area (Å²) in [5.41, 5.74) is 5.25. The van der Waals surface area contributed by atoms with Crippen LogP contribution in [0.2, 0.25) is 0 Å². The number of anilines is 1. The maximum Gasteiger partial charge on any atom is 0.233 e. The molecule has 0 spiro atoms. The van der Waals surface area contributed by atoms with E-state index < -0.39 is 0 Å². The Morgan fingerprint density at radius 1 is 1.04 bits per heavy atom. The van der Waals surface area contributed by atoms with E-state index in [1.807, 2.05) is 25.1 Å². The predicted molar refractivity (Wildman–Crippen MR) is 104 cm³/mol. The van der Waals surface area contributed by atoms with Gasteiger partial charge in [0.1, 0.15) is 5.82 Å². The lowest BCUT2D eigenvalue weighted by atomic mass is 9.72. The van der Waals surface area contributed by atoms with Crippen LogP contribution in [0.3, 0.4) is 0 Å². The van der Waals surface area contributed by atoms with E-state index in [9.17, 15) is 9.18 Å². The van der Waals surface area contributed by atoms with Crippen LogP contribution in [-0.2, 0) is 4.79 Å². The SMILES string of the molecule is Cc1noc2c1[C@@H](c1ccc(F)cc1)C1=C(C[C@@H](c3ccccc3)CC1=O)N2. The van der Waals surface area contributed by atoms with Gasteiger partial charge < -0.3 is 9.84 Å². The van der Waals surface area contributed by atoms with Crippen molar-refractivity contribution in [3.05, 3.63) is 94.1 Å². The molecule has 1 aliphatic heterocycles. The Hall–Kier alpha value is -3.21. The second-order valence-electron chi connectivity index (χ2n) is 7.45. The number of aromatic nitrogens is 1. The lowest BCUT2D eigenvalue weighted by Crippen LogP contribution is -2.29. The van der Waals surface area contributed by atoms with Crippen LogP contribution >= 0.6 is 0 Å². The summed E-state index contributed by atoms with van der Waals surface area (Å²) in [5.74, 6) is 0.227. The highest BCUT2D eigenvalue weighted by Gasteiger charge is 2.41. The summed E-state index contributed by atoms with van der Waals surface area (Å²) in [6.45, 7) is 1.87. The average molecular weight is 374 g/mol. The monoisotopic (exact) mass is 374 g/mol. The number of hydrogen-bond acceptors (Lipinski definition) is 4. The highest BCUT2D eigenvalue weighted by Crippen LogP contribution is 2.48. The summed E-state index contributed by atoms with van der Waals surface area (Å²) in [5, 5.41) is 7.42. The number of Topliss-reactive ketones (excluding diaryl/α,β-unsaturated/α-hetero) is 1. The highest BCUT2D eigenvalue weighted by molar-refractivity contribution is 6.01. The van der Waals surface area contributed by atoms with Gasteiger partial charge in [-0.3, -0.25) is 4.79 Å². The van der Waals surface area contributed by atoms with E-state index in [-0.39, 0.29) is 23.4 Å². The van der Waals surface area contributed by atoms with Crippen LogP contribution in [-0.4, -0.2) is 10.9 Å². The second-order valence-corrected chi connectivity index (χ2v) is 7.45. The van der Waals surface area contributed by atoms with E-state index in [1.54, 1.807) is 12.1 Å². The zero-order chi connectivity index (χ0) is 19.3. The molecule has 4 nitrogen and oxygen atoms in total. The third-order valence-corrected chi connectivity index (χ3v) is 5.73. The molecule has 2 aromatic carbocycles. The van der Waals surface area contributed by atoms with Crippen LogP contribution in [0.5, 0.6) is 0 Å². The number of aryl methyl sites for hydroxylation is 1. The Balaban J connectivity index is 1.63. The molecule has 5 heteroatoms. The van der Waals surface area contributed by atoms with Crippen molar-refractivity contribution in [1.82, 2.24) is 5.16 Å². The van der Waals surface area contributed by atoms with Crippen molar-refractivity contribution in [2.75, 3.05) is 5.32 Å². The Morgan fingerprint density at radius 2 is 1.79 bits per heavy atom. The van der Waals surface area contributed by atoms with E-state index in [0.29, 0.717) is 12.3 Å². The largest absolute Gasteiger partial charge is 0.338 e. The van der Waals surface area contributed by atoms with Crippen molar-refractivity contribution < 1.29 is 13.7 Å². The Morgan fingerprint density at radius 3 is 2.54 bits per heavy atom. The molecule has 140 valence electrons. The number of carbonyl (C=O) groups excluding carboxylic acids is 1. The molecule has 1 N–H and O–H groups in total. The Kier molecular flexibility index (Phi) is 3.90. The minimum Gasteiger partial charge on any atom is -0.338 e. The van der Waals surface area contributed by atoms with Crippen LogP contribution in [0, 0.1) is 12.7 Å². The number of rotatable bonds is 2. The van der Waals surface area contributed by atoms with E-state index in [0.717, 1.165) is 40.1 Å². The first kappa shape index (κ1) is 16.9. The number of benzene rings is 2. The fraction of sp³-hybridized carbons (Fsp3) is 0.217. The maximum atomic E-state index is 13.5. The van der Waals surface area contributed by atoms with Gasteiger partial charge in [-0.1, -0.05) is 47.6 Å². The molecule has 0 bridgehead atoms. The van der Waals surface area contributed by atoms with Crippen molar-refractivity contribution in [1.29, 1.82) is 0 Å². The van der Waals surface area contributed by atoms with Gasteiger partial charge in [0, 0.05) is 23.6 Å². The third-order valence-electron chi connectivity index (χ3n) is 5.73. The number of carbonyl (C=O) groups is 1. The van der Waals surface area contributed by atoms with E-state index in [1.165, 1.54) is 12.1 Å². The van der Waals surface area contributed by atoms with Gasteiger partial charge in [-0.2, -0.15) is 0 Å². The van der Waals surface area contributed by atoms with Gasteiger partial charge in [-0.15, -0.1) is 0 Å². The topological polar surface area (TPSA) is 55.1 Å². The third kappa shape index (κ3) is 2.66. The molecule has 28 heavy (non-hydrogen) atoms. The van der Waals surface area contributed by atoms with Gasteiger partial charge in [0.15, 0.2) is 5.78 Å². The number of ketones is 1. The summed E-state index contributed by atoms with van der Waals surface area (Å²) >= 11 is 0. The first-order valence-corrected chi connectivity index (χ1v) is 9.41. The number of nitrogens with one attached hydrogen (secondary N) is 1. The summed E-state index contributed by atoms with van der Waals surface area (Å²) in [6, 6.07) is 16.4. The lowest BCUT2D eigenvalue weighted by molar-refractivity contribution is -0.116. The van der Waals surface area contributed by atoms with Gasteiger partial charge >= 0.3 is 0 Å². The number of hydrogen-bond donors (Lipinski definition) is 1. The fourth-order valence-electron chi connectivity index (χ4n) is 4.42. The van der Waals surface area contributed by atoms with Crippen LogP contribution in [0.4, 0.5) is 10.3 Å². The van der Waals surface area contributed by atoms with Gasteiger partial charge in [0.25, 0.3) is 0 Å². The first-order chi connectivity index (χ1) is 13.6. The number of halogens is 1. The molecule has 0 fully saturated rings. The summed E-state index contributed by atoms with van der Waals surface area (Å²) in [7, 11) is 0. The molecule has 2 aliphatic rings. The molecule has 0 saturated heterocycles. The predicted octanol–water partition coefficient (Wildman–Crippen LogP) is 5.08. The second kappa shape index (κ2) is 6.44. The molecular formula is C23H19FN2O2. The van der Waals surface area contributed by atoms with Crippen LogP contribution in [0.15, 0.2) is 70.4 Å². The van der Waals surface area contributed by atoms with Crippen LogP contribution in [0.1, 0.15) is 47.1 Å². The fourth-order valence-corrected chi connectivity index (χ4v) is 4.42. The molecule has 0 radical (unpaired) electrons. The van der Waals surface area contributed by atoms with Gasteiger partial charge in [-0.05, 0) is 42.5 Å². The molecule has 0 unspecified atom stereocenters. The molecule has 1 aliphatic carbocycles. The van der Waals surface area contributed by atoms with Crippen molar-refractivity contribution in [2.45, 2.75) is 31.6 Å². The Bertz CT molecular complexity index is 1080. The van der Waals surface area contributed by atoms with Crippen LogP contribution in [0.25, 0.3) is 0 Å². The molecule has 5 rings (SSSR count). The van der Waals surface area contributed by atoms with Gasteiger partial charge in [0.2, 0.25) is 5.88 Å². The molecule has 1 aromatic heterocycles. The number of fused-ring (bicyclic) bond motifs is 1. The van der Waals surface area contributed by atoms with E-state index in [4.69, 9.17) is 4.52 Å². The van der Waals surface area contributed by atoms with Gasteiger partial charge in [0.05, 0.1) is 11.3 Å². The molecule has 2 heterocycles. The average Bonchev–Trinajstić information content (AvgIpc) is 3.08. The quantitative estimate of drug-likeness (QED) is 0.680. The number of allylic oxidation sites excluding steroid dienone is 2. The minimum atomic E-state index is -0.298. The molecule has 0 saturated carbocycles. The lowest BCUT2D eigenvalue weighted by Gasteiger charge is -2.34. The van der Waals surface area contributed by atoms with E-state index in [2.05, 4.69) is 22.6 Å². The minimum absolute atomic E-state index is 0.114. The van der Waals surface area contributed by atoms with Crippen LogP contribution < -0.4 is 5.32 Å². The molecule has 0 amide bonds. The summed E-state index contributed by atoms with van der Waals surface area (Å²) < 4.78 is 19.0. The van der Waals surface area contributed by atoms with Gasteiger partial charge in [-0.25, -0.2) is 4.39 Å². The zero-order valence-electron chi connectivity index (χ0n) is 15.4. The van der Waals surface area contributed by atoms with Crippen molar-refractivity contribution in [3.8, 4) is 0 Å². The summed E-state index contributed by atoms with van der Waals surface area (Å²) in [4.78, 5) is 13.3. The van der Waals surface area contributed by atoms with E-state index >= 15 is 0 Å². The highest BCUT2D eigenvalue weighted by atomic mass is 19.1.